The highest BCUT2D eigenvalue weighted by molar-refractivity contribution is 5.09. The molecule has 1 N–H and O–H groups in total. The lowest BCUT2D eigenvalue weighted by molar-refractivity contribution is -0.141. The van der Waals surface area contributed by atoms with Gasteiger partial charge in [0.2, 0.25) is 0 Å². The number of hydrogen-bond acceptors (Lipinski definition) is 4. The van der Waals surface area contributed by atoms with Crippen molar-refractivity contribution in [3.8, 4) is 0 Å². The van der Waals surface area contributed by atoms with E-state index in [0.717, 1.165) is 25.6 Å². The van der Waals surface area contributed by atoms with Gasteiger partial charge in [-0.1, -0.05) is 0 Å². The summed E-state index contributed by atoms with van der Waals surface area (Å²) in [6.07, 6.45) is -0.564. The minimum absolute atomic E-state index is 0.0904. The van der Waals surface area contributed by atoms with Crippen molar-refractivity contribution in [2.24, 2.45) is 0 Å². The Morgan fingerprint density at radius 2 is 2.12 bits per heavy atom. The van der Waals surface area contributed by atoms with Crippen molar-refractivity contribution in [3.63, 3.8) is 0 Å². The van der Waals surface area contributed by atoms with Crippen LogP contribution in [-0.2, 0) is 19.3 Å². The number of piperidine rings is 1. The molecule has 1 fully saturated rings. The number of imidazole rings is 1. The number of alkyl halides is 4. The van der Waals surface area contributed by atoms with E-state index in [2.05, 4.69) is 25.0 Å². The van der Waals surface area contributed by atoms with Crippen molar-refractivity contribution in [2.75, 3.05) is 19.8 Å². The largest absolute Gasteiger partial charge is 0.432 e. The SMILES string of the molecule is FCCn1ncnc1CN1CCC[C@H](c2ncc(C(F)(F)F)[nH]2)C1. The molecule has 1 aliphatic rings. The highest BCUT2D eigenvalue weighted by atomic mass is 19.4. The third-order valence-electron chi connectivity index (χ3n) is 4.15. The Bertz CT molecular complexity index is 664. The lowest BCUT2D eigenvalue weighted by Gasteiger charge is -2.31. The molecule has 0 spiro atoms. The van der Waals surface area contributed by atoms with Crippen LogP contribution in [0.25, 0.3) is 0 Å². The van der Waals surface area contributed by atoms with Gasteiger partial charge in [-0.15, -0.1) is 0 Å². The first-order chi connectivity index (χ1) is 11.5. The van der Waals surface area contributed by atoms with Crippen molar-refractivity contribution < 1.29 is 17.6 Å². The monoisotopic (exact) mass is 346 g/mol. The summed E-state index contributed by atoms with van der Waals surface area (Å²) in [6.45, 7) is 1.51. The van der Waals surface area contributed by atoms with Crippen molar-refractivity contribution >= 4 is 0 Å². The summed E-state index contributed by atoms with van der Waals surface area (Å²) < 4.78 is 52.1. The molecule has 0 aromatic carbocycles. The number of nitrogens with zero attached hydrogens (tertiary/aromatic N) is 5. The number of halogens is 4. The zero-order chi connectivity index (χ0) is 17.2. The molecule has 2 aromatic rings. The summed E-state index contributed by atoms with van der Waals surface area (Å²) in [6, 6.07) is 0. The number of aromatic amines is 1. The molecule has 1 atom stereocenters. The predicted octanol–water partition coefficient (Wildman–Crippen LogP) is 2.37. The number of H-pyrrole nitrogens is 1. The summed E-state index contributed by atoms with van der Waals surface area (Å²) in [5.41, 5.74) is -0.822. The first kappa shape index (κ1) is 16.9. The van der Waals surface area contributed by atoms with Crippen LogP contribution >= 0.6 is 0 Å². The molecule has 1 saturated heterocycles. The van der Waals surface area contributed by atoms with Crippen LogP contribution in [0.2, 0.25) is 0 Å². The average molecular weight is 346 g/mol. The highest BCUT2D eigenvalue weighted by Crippen LogP contribution is 2.31. The van der Waals surface area contributed by atoms with Gasteiger partial charge in [0.15, 0.2) is 0 Å². The fourth-order valence-electron chi connectivity index (χ4n) is 2.99. The second-order valence-corrected chi connectivity index (χ2v) is 5.84. The van der Waals surface area contributed by atoms with Crippen molar-refractivity contribution in [1.82, 2.24) is 29.6 Å². The number of aryl methyl sites for hydroxylation is 1. The molecule has 2 aromatic heterocycles. The van der Waals surface area contributed by atoms with Gasteiger partial charge in [0.1, 0.15) is 30.3 Å². The topological polar surface area (TPSA) is 62.6 Å². The van der Waals surface area contributed by atoms with E-state index in [1.54, 1.807) is 0 Å². The lowest BCUT2D eigenvalue weighted by atomic mass is 9.97. The second kappa shape index (κ2) is 6.88. The second-order valence-electron chi connectivity index (χ2n) is 5.84. The van der Waals surface area contributed by atoms with Gasteiger partial charge < -0.3 is 4.98 Å². The Balaban J connectivity index is 1.66. The van der Waals surface area contributed by atoms with Gasteiger partial charge in [-0.05, 0) is 19.4 Å². The van der Waals surface area contributed by atoms with E-state index >= 15 is 0 Å². The van der Waals surface area contributed by atoms with Gasteiger partial charge in [0.05, 0.1) is 19.3 Å². The molecule has 132 valence electrons. The van der Waals surface area contributed by atoms with E-state index in [4.69, 9.17) is 0 Å². The maximum Gasteiger partial charge on any atom is 0.432 e. The van der Waals surface area contributed by atoms with Crippen LogP contribution in [-0.4, -0.2) is 49.4 Å². The fraction of sp³-hybridized carbons (Fsp3) is 0.643. The number of nitrogens with one attached hydrogen (secondary N) is 1. The minimum Gasteiger partial charge on any atom is -0.338 e. The molecule has 3 rings (SSSR count). The van der Waals surface area contributed by atoms with Crippen LogP contribution in [0.1, 0.15) is 36.1 Å². The van der Waals surface area contributed by atoms with E-state index < -0.39 is 18.5 Å². The Labute approximate surface area is 135 Å². The van der Waals surface area contributed by atoms with E-state index in [0.29, 0.717) is 24.7 Å². The van der Waals surface area contributed by atoms with Gasteiger partial charge in [-0.25, -0.2) is 19.0 Å². The molecule has 0 saturated carbocycles. The average Bonchev–Trinajstić information content (AvgIpc) is 3.18. The van der Waals surface area contributed by atoms with Crippen molar-refractivity contribution in [1.29, 1.82) is 0 Å². The first-order valence-electron chi connectivity index (χ1n) is 7.74. The summed E-state index contributed by atoms with van der Waals surface area (Å²) in [5, 5.41) is 3.97. The van der Waals surface area contributed by atoms with Gasteiger partial charge in [0.25, 0.3) is 0 Å². The van der Waals surface area contributed by atoms with Gasteiger partial charge in [-0.3, -0.25) is 4.90 Å². The molecule has 0 aliphatic carbocycles. The van der Waals surface area contributed by atoms with Crippen LogP contribution in [0.5, 0.6) is 0 Å². The van der Waals surface area contributed by atoms with Crippen LogP contribution in [0, 0.1) is 0 Å². The van der Waals surface area contributed by atoms with Crippen LogP contribution in [0.3, 0.4) is 0 Å². The molecule has 6 nitrogen and oxygen atoms in total. The molecule has 0 bridgehead atoms. The number of rotatable bonds is 5. The quantitative estimate of drug-likeness (QED) is 0.845. The van der Waals surface area contributed by atoms with Gasteiger partial charge in [-0.2, -0.15) is 18.3 Å². The van der Waals surface area contributed by atoms with Crippen molar-refractivity contribution in [2.45, 2.75) is 38.0 Å². The minimum atomic E-state index is -4.41. The summed E-state index contributed by atoms with van der Waals surface area (Å²) in [5.74, 6) is 0.924. The first-order valence-corrected chi connectivity index (χ1v) is 7.74. The fourth-order valence-corrected chi connectivity index (χ4v) is 2.99. The Morgan fingerprint density at radius 1 is 1.29 bits per heavy atom. The van der Waals surface area contributed by atoms with E-state index in [1.807, 2.05) is 0 Å². The smallest absolute Gasteiger partial charge is 0.338 e. The highest BCUT2D eigenvalue weighted by Gasteiger charge is 2.34. The van der Waals surface area contributed by atoms with Gasteiger partial charge >= 0.3 is 6.18 Å². The Kier molecular flexibility index (Phi) is 4.83. The van der Waals surface area contributed by atoms with E-state index in [1.165, 1.54) is 11.0 Å². The number of aromatic nitrogens is 5. The number of likely N-dealkylation sites (tertiary alicyclic amines) is 1. The van der Waals surface area contributed by atoms with E-state index in [9.17, 15) is 17.6 Å². The summed E-state index contributed by atoms with van der Waals surface area (Å²) in [4.78, 5) is 12.5. The molecular formula is C14H18F4N6. The normalized spacial score (nSPS) is 19.8. The third-order valence-corrected chi connectivity index (χ3v) is 4.15. The molecule has 0 amide bonds. The molecule has 3 heterocycles. The molecular weight excluding hydrogens is 328 g/mol. The van der Waals surface area contributed by atoms with Crippen LogP contribution < -0.4 is 0 Å². The molecule has 10 heteroatoms. The standard InChI is InChI=1S/C14H18F4N6/c15-3-5-24-12(20-9-21-24)8-23-4-1-2-10(7-23)13-19-6-11(22-13)14(16,17)18/h6,9-10H,1-5,7-8H2,(H,19,22)/t10-/m0/s1. The zero-order valence-electron chi connectivity index (χ0n) is 12.9. The number of hydrogen-bond donors (Lipinski definition) is 1. The molecule has 24 heavy (non-hydrogen) atoms. The predicted molar refractivity (Wildman–Crippen MR) is 76.8 cm³/mol. The third kappa shape index (κ3) is 3.74. The van der Waals surface area contributed by atoms with Crippen LogP contribution in [0.15, 0.2) is 12.5 Å². The van der Waals surface area contributed by atoms with Crippen molar-refractivity contribution in [3.05, 3.63) is 29.9 Å². The maximum atomic E-state index is 12.7. The maximum absolute atomic E-state index is 12.7. The Morgan fingerprint density at radius 3 is 2.83 bits per heavy atom. The van der Waals surface area contributed by atoms with Crippen LogP contribution in [0.4, 0.5) is 17.6 Å². The summed E-state index contributed by atoms with van der Waals surface area (Å²) in [7, 11) is 0. The van der Waals surface area contributed by atoms with Gasteiger partial charge in [0, 0.05) is 12.5 Å². The molecule has 1 aliphatic heterocycles. The molecule has 0 unspecified atom stereocenters. The Hall–Kier alpha value is -1.97. The molecule has 0 radical (unpaired) electrons. The zero-order valence-corrected chi connectivity index (χ0v) is 12.9. The lowest BCUT2D eigenvalue weighted by Crippen LogP contribution is -2.35. The van der Waals surface area contributed by atoms with E-state index in [-0.39, 0.29) is 12.5 Å². The summed E-state index contributed by atoms with van der Waals surface area (Å²) >= 11 is 0.